The number of thiocarbonyl (C=S) groups is 1. The molecule has 29 heavy (non-hydrogen) atoms. The van der Waals surface area contributed by atoms with E-state index in [4.69, 9.17) is 23.8 Å². The lowest BCUT2D eigenvalue weighted by atomic mass is 10.1. The van der Waals surface area contributed by atoms with Gasteiger partial charge in [0.1, 0.15) is 0 Å². The lowest BCUT2D eigenvalue weighted by Gasteiger charge is -2.13. The molecule has 3 N–H and O–H groups in total. The Morgan fingerprint density at radius 3 is 2.38 bits per heavy atom. The highest BCUT2D eigenvalue weighted by atomic mass is 35.5. The van der Waals surface area contributed by atoms with Gasteiger partial charge in [0.15, 0.2) is 5.11 Å². The van der Waals surface area contributed by atoms with Crippen LogP contribution in [-0.4, -0.2) is 15.1 Å². The summed E-state index contributed by atoms with van der Waals surface area (Å²) in [6.07, 6.45) is 0. The minimum absolute atomic E-state index is 0.419. The molecule has 3 aromatic carbocycles. The van der Waals surface area contributed by atoms with E-state index in [9.17, 15) is 0 Å². The maximum atomic E-state index is 6.20. The molecule has 0 radical (unpaired) electrons. The summed E-state index contributed by atoms with van der Waals surface area (Å²) in [7, 11) is 0. The third kappa shape index (κ3) is 4.80. The van der Waals surface area contributed by atoms with Crippen LogP contribution >= 0.6 is 23.8 Å². The van der Waals surface area contributed by atoms with Crippen molar-refractivity contribution in [1.82, 2.24) is 20.7 Å². The van der Waals surface area contributed by atoms with Gasteiger partial charge in [0.2, 0.25) is 5.95 Å². The van der Waals surface area contributed by atoms with Gasteiger partial charge in [-0.05, 0) is 36.0 Å². The summed E-state index contributed by atoms with van der Waals surface area (Å²) in [5.41, 5.74) is 9.64. The SMILES string of the molecule is S=C(NCc1ccccc1)NNc1nc(-c2ccccc2)c2cc(Cl)ccc2n1. The van der Waals surface area contributed by atoms with Gasteiger partial charge in [0, 0.05) is 22.5 Å². The summed E-state index contributed by atoms with van der Waals surface area (Å²) >= 11 is 11.5. The lowest BCUT2D eigenvalue weighted by molar-refractivity contribution is 0.880. The van der Waals surface area contributed by atoms with E-state index in [1.54, 1.807) is 0 Å². The zero-order valence-electron chi connectivity index (χ0n) is 15.4. The third-order valence-electron chi connectivity index (χ3n) is 4.29. The second-order valence-electron chi connectivity index (χ2n) is 6.34. The van der Waals surface area contributed by atoms with E-state index >= 15 is 0 Å². The van der Waals surface area contributed by atoms with E-state index in [2.05, 4.69) is 26.1 Å². The average Bonchev–Trinajstić information content (AvgIpc) is 2.77. The van der Waals surface area contributed by atoms with Gasteiger partial charge in [-0.15, -0.1) is 0 Å². The van der Waals surface area contributed by atoms with Crippen molar-refractivity contribution in [3.05, 3.63) is 89.4 Å². The number of benzene rings is 3. The van der Waals surface area contributed by atoms with Crippen LogP contribution in [-0.2, 0) is 6.54 Å². The molecular formula is C22H18ClN5S. The predicted octanol–water partition coefficient (Wildman–Crippen LogP) is 4.94. The van der Waals surface area contributed by atoms with Crippen LogP contribution in [0.1, 0.15) is 5.56 Å². The molecule has 0 atom stereocenters. The Kier molecular flexibility index (Phi) is 5.84. The van der Waals surface area contributed by atoms with Crippen molar-refractivity contribution in [2.75, 3.05) is 5.43 Å². The van der Waals surface area contributed by atoms with Crippen LogP contribution < -0.4 is 16.2 Å². The number of hydrogen-bond acceptors (Lipinski definition) is 4. The fourth-order valence-corrected chi connectivity index (χ4v) is 3.20. The van der Waals surface area contributed by atoms with Gasteiger partial charge in [-0.1, -0.05) is 72.3 Å². The van der Waals surface area contributed by atoms with Crippen molar-refractivity contribution in [1.29, 1.82) is 0 Å². The Balaban J connectivity index is 1.53. The Morgan fingerprint density at radius 2 is 1.62 bits per heavy atom. The molecule has 4 aromatic rings. The van der Waals surface area contributed by atoms with E-state index in [0.29, 0.717) is 22.6 Å². The second kappa shape index (κ2) is 8.86. The Labute approximate surface area is 179 Å². The molecule has 4 rings (SSSR count). The van der Waals surface area contributed by atoms with Crippen LogP contribution in [0.3, 0.4) is 0 Å². The number of hydrogen-bond donors (Lipinski definition) is 3. The molecular weight excluding hydrogens is 402 g/mol. The Hall–Kier alpha value is -3.22. The van der Waals surface area contributed by atoms with Gasteiger partial charge < -0.3 is 5.32 Å². The highest BCUT2D eigenvalue weighted by Gasteiger charge is 2.10. The summed E-state index contributed by atoms with van der Waals surface area (Å²) < 4.78 is 0. The van der Waals surface area contributed by atoms with Crippen LogP contribution in [0.5, 0.6) is 0 Å². The molecule has 0 unspecified atom stereocenters. The van der Waals surface area contributed by atoms with Crippen molar-refractivity contribution >= 4 is 45.8 Å². The molecule has 0 aliphatic carbocycles. The molecule has 0 amide bonds. The first-order valence-electron chi connectivity index (χ1n) is 9.05. The maximum absolute atomic E-state index is 6.20. The summed E-state index contributed by atoms with van der Waals surface area (Å²) in [5.74, 6) is 0.419. The molecule has 1 heterocycles. The molecule has 0 aliphatic rings. The van der Waals surface area contributed by atoms with Crippen molar-refractivity contribution < 1.29 is 0 Å². The summed E-state index contributed by atoms with van der Waals surface area (Å²) in [6, 6.07) is 25.5. The maximum Gasteiger partial charge on any atom is 0.242 e. The minimum atomic E-state index is 0.419. The highest BCUT2D eigenvalue weighted by Crippen LogP contribution is 2.29. The van der Waals surface area contributed by atoms with Gasteiger partial charge in [0.25, 0.3) is 0 Å². The molecule has 0 fully saturated rings. The van der Waals surface area contributed by atoms with E-state index in [1.807, 2.05) is 78.9 Å². The molecule has 0 saturated carbocycles. The first-order valence-corrected chi connectivity index (χ1v) is 9.84. The number of halogens is 1. The normalized spacial score (nSPS) is 10.5. The monoisotopic (exact) mass is 419 g/mol. The van der Waals surface area contributed by atoms with E-state index < -0.39 is 0 Å². The summed E-state index contributed by atoms with van der Waals surface area (Å²) in [4.78, 5) is 9.23. The van der Waals surface area contributed by atoms with E-state index in [1.165, 1.54) is 0 Å². The quantitative estimate of drug-likeness (QED) is 0.314. The van der Waals surface area contributed by atoms with Crippen LogP contribution in [0.4, 0.5) is 5.95 Å². The third-order valence-corrected chi connectivity index (χ3v) is 4.77. The van der Waals surface area contributed by atoms with Gasteiger partial charge in [-0.2, -0.15) is 0 Å². The standard InChI is InChI=1S/C22H18ClN5S/c23-17-11-12-19-18(13-17)20(16-9-5-2-6-10-16)26-21(25-19)27-28-22(29)24-14-15-7-3-1-4-8-15/h1-13H,14H2,(H2,24,28,29)(H,25,26,27). The molecule has 0 aliphatic heterocycles. The zero-order valence-corrected chi connectivity index (χ0v) is 17.0. The number of nitrogens with zero attached hydrogens (tertiary/aromatic N) is 2. The number of hydrazine groups is 1. The Morgan fingerprint density at radius 1 is 0.897 bits per heavy atom. The predicted molar refractivity (Wildman–Crippen MR) is 123 cm³/mol. The lowest BCUT2D eigenvalue weighted by Crippen LogP contribution is -2.38. The number of aromatic nitrogens is 2. The number of anilines is 1. The number of fused-ring (bicyclic) bond motifs is 1. The molecule has 7 heteroatoms. The van der Waals surface area contributed by atoms with Crippen molar-refractivity contribution in [3.63, 3.8) is 0 Å². The first kappa shape index (κ1) is 19.1. The fraction of sp³-hybridized carbons (Fsp3) is 0.0455. The Bertz CT molecular complexity index is 1140. The number of nitrogens with one attached hydrogen (secondary N) is 3. The van der Waals surface area contributed by atoms with Crippen LogP contribution in [0.15, 0.2) is 78.9 Å². The van der Waals surface area contributed by atoms with Gasteiger partial charge in [-0.25, -0.2) is 9.97 Å². The van der Waals surface area contributed by atoms with Crippen LogP contribution in [0, 0.1) is 0 Å². The van der Waals surface area contributed by atoms with Crippen molar-refractivity contribution in [2.24, 2.45) is 0 Å². The molecule has 0 saturated heterocycles. The topological polar surface area (TPSA) is 61.9 Å². The molecule has 1 aromatic heterocycles. The smallest absolute Gasteiger partial charge is 0.242 e. The average molecular weight is 420 g/mol. The van der Waals surface area contributed by atoms with Crippen LogP contribution in [0.2, 0.25) is 5.02 Å². The zero-order chi connectivity index (χ0) is 20.1. The van der Waals surface area contributed by atoms with Crippen LogP contribution in [0.25, 0.3) is 22.2 Å². The second-order valence-corrected chi connectivity index (χ2v) is 7.19. The largest absolute Gasteiger partial charge is 0.357 e. The van der Waals surface area contributed by atoms with Crippen molar-refractivity contribution in [3.8, 4) is 11.3 Å². The van der Waals surface area contributed by atoms with Gasteiger partial charge >= 0.3 is 0 Å². The van der Waals surface area contributed by atoms with E-state index in [-0.39, 0.29) is 0 Å². The minimum Gasteiger partial charge on any atom is -0.357 e. The highest BCUT2D eigenvalue weighted by molar-refractivity contribution is 7.80. The van der Waals surface area contributed by atoms with Gasteiger partial charge in [0.05, 0.1) is 11.2 Å². The molecule has 0 bridgehead atoms. The summed E-state index contributed by atoms with van der Waals surface area (Å²) in [5, 5.41) is 5.13. The van der Waals surface area contributed by atoms with E-state index in [0.717, 1.165) is 27.7 Å². The first-order chi connectivity index (χ1) is 14.2. The van der Waals surface area contributed by atoms with Crippen molar-refractivity contribution in [2.45, 2.75) is 6.54 Å². The fourth-order valence-electron chi connectivity index (χ4n) is 2.91. The number of rotatable bonds is 5. The van der Waals surface area contributed by atoms with Gasteiger partial charge in [-0.3, -0.25) is 10.9 Å². The molecule has 5 nitrogen and oxygen atoms in total. The summed E-state index contributed by atoms with van der Waals surface area (Å²) in [6.45, 7) is 0.626. The molecule has 0 spiro atoms. The molecule has 144 valence electrons.